The maximum absolute atomic E-state index is 12.3. The highest BCUT2D eigenvalue weighted by Gasteiger charge is 2.13. The Morgan fingerprint density at radius 3 is 3.14 bits per heavy atom. The summed E-state index contributed by atoms with van der Waals surface area (Å²) in [5.74, 6) is 1.11. The second-order valence-electron chi connectivity index (χ2n) is 6.79. The van der Waals surface area contributed by atoms with Crippen molar-refractivity contribution in [1.29, 1.82) is 0 Å². The fraction of sp³-hybridized carbons (Fsp3) is 0.300. The molecular formula is C20H21N5OS3. The molecule has 2 heterocycles. The van der Waals surface area contributed by atoms with Crippen molar-refractivity contribution in [2.75, 3.05) is 11.1 Å². The first kappa shape index (κ1) is 20.1. The van der Waals surface area contributed by atoms with Crippen molar-refractivity contribution in [2.45, 2.75) is 37.1 Å². The maximum Gasteiger partial charge on any atom is 0.236 e. The monoisotopic (exact) mass is 443 g/mol. The van der Waals surface area contributed by atoms with E-state index in [1.165, 1.54) is 35.3 Å². The molecule has 3 aromatic rings. The summed E-state index contributed by atoms with van der Waals surface area (Å²) in [6.07, 6.45) is 5.87. The van der Waals surface area contributed by atoms with Crippen LogP contribution in [-0.2, 0) is 30.6 Å². The number of hydrogen-bond donors (Lipinski definition) is 2. The summed E-state index contributed by atoms with van der Waals surface area (Å²) in [5, 5.41) is 12.5. The van der Waals surface area contributed by atoms with Crippen LogP contribution in [0.15, 0.2) is 41.1 Å². The van der Waals surface area contributed by atoms with E-state index in [0.717, 1.165) is 22.8 Å². The first-order valence-corrected chi connectivity index (χ1v) is 11.6. The Bertz CT molecular complexity index is 1100. The van der Waals surface area contributed by atoms with Crippen LogP contribution in [-0.4, -0.2) is 31.4 Å². The quantitative estimate of drug-likeness (QED) is 0.307. The third-order valence-electron chi connectivity index (χ3n) is 4.73. The van der Waals surface area contributed by atoms with Gasteiger partial charge in [-0.05, 0) is 54.7 Å². The number of amides is 1. The molecule has 0 spiro atoms. The van der Waals surface area contributed by atoms with E-state index < -0.39 is 0 Å². The molecule has 0 saturated heterocycles. The number of H-pyrrole nitrogens is 1. The lowest BCUT2D eigenvalue weighted by Crippen LogP contribution is -2.14. The second kappa shape index (κ2) is 9.06. The number of rotatable bonds is 8. The van der Waals surface area contributed by atoms with Crippen LogP contribution in [0.4, 0.5) is 5.13 Å². The van der Waals surface area contributed by atoms with Gasteiger partial charge in [-0.15, -0.1) is 29.7 Å². The van der Waals surface area contributed by atoms with Crippen molar-refractivity contribution >= 4 is 46.4 Å². The number of nitrogens with one attached hydrogen (secondary N) is 2. The summed E-state index contributed by atoms with van der Waals surface area (Å²) < 4.78 is 2.44. The number of thioether (sulfide) groups is 1. The van der Waals surface area contributed by atoms with Crippen molar-refractivity contribution in [3.05, 3.63) is 63.7 Å². The van der Waals surface area contributed by atoms with Crippen LogP contribution in [0.2, 0.25) is 0 Å². The van der Waals surface area contributed by atoms with Crippen LogP contribution in [0, 0.1) is 4.77 Å². The molecule has 1 amide bonds. The number of thiazole rings is 1. The molecule has 0 radical (unpaired) electrons. The predicted molar refractivity (Wildman–Crippen MR) is 120 cm³/mol. The van der Waals surface area contributed by atoms with Gasteiger partial charge < -0.3 is 5.32 Å². The number of carbonyl (C=O) groups is 1. The lowest BCUT2D eigenvalue weighted by molar-refractivity contribution is -0.113. The van der Waals surface area contributed by atoms with Crippen LogP contribution in [0.5, 0.6) is 0 Å². The highest BCUT2D eigenvalue weighted by molar-refractivity contribution is 8.00. The van der Waals surface area contributed by atoms with Crippen LogP contribution >= 0.6 is 35.3 Å². The Morgan fingerprint density at radius 2 is 2.28 bits per heavy atom. The summed E-state index contributed by atoms with van der Waals surface area (Å²) in [5.41, 5.74) is 3.72. The standard InChI is InChI=1S/C20H21N5OS3/c1-2-8-25-17(23-24-20(25)27)10-15-11-29-19(21-15)22-18(26)12-28-16-7-6-13-4-3-5-14(13)9-16/h2,6-7,9,11H,1,3-5,8,10,12H2,(H,24,27)(H,21,22,26). The smallest absolute Gasteiger partial charge is 0.236 e. The number of hydrogen-bond acceptors (Lipinski definition) is 6. The summed E-state index contributed by atoms with van der Waals surface area (Å²) in [6.45, 7) is 4.34. The lowest BCUT2D eigenvalue weighted by atomic mass is 10.1. The molecular weight excluding hydrogens is 422 g/mol. The Morgan fingerprint density at radius 1 is 1.41 bits per heavy atom. The van der Waals surface area contributed by atoms with Crippen molar-refractivity contribution in [3.8, 4) is 0 Å². The Kier molecular flexibility index (Phi) is 6.27. The Labute approximate surface area is 182 Å². The zero-order valence-electron chi connectivity index (χ0n) is 15.8. The van der Waals surface area contributed by atoms with Gasteiger partial charge in [-0.3, -0.25) is 14.5 Å². The normalized spacial score (nSPS) is 12.7. The van der Waals surface area contributed by atoms with E-state index in [9.17, 15) is 4.79 Å². The van der Waals surface area contributed by atoms with E-state index in [-0.39, 0.29) is 5.91 Å². The number of fused-ring (bicyclic) bond motifs is 1. The third-order valence-corrected chi connectivity index (χ3v) is 6.84. The molecule has 1 aromatic carbocycles. The first-order valence-electron chi connectivity index (χ1n) is 9.36. The largest absolute Gasteiger partial charge is 0.301 e. The van der Waals surface area contributed by atoms with Gasteiger partial charge in [0.15, 0.2) is 9.90 Å². The van der Waals surface area contributed by atoms with Gasteiger partial charge in [0.1, 0.15) is 5.82 Å². The van der Waals surface area contributed by atoms with Crippen LogP contribution in [0.1, 0.15) is 29.1 Å². The first-order chi connectivity index (χ1) is 14.1. The summed E-state index contributed by atoms with van der Waals surface area (Å²) in [6, 6.07) is 6.52. The molecule has 2 aromatic heterocycles. The van der Waals surface area contributed by atoms with E-state index in [1.54, 1.807) is 17.8 Å². The topological polar surface area (TPSA) is 75.6 Å². The minimum atomic E-state index is -0.0502. The van der Waals surface area contributed by atoms with E-state index in [2.05, 4.69) is 45.3 Å². The van der Waals surface area contributed by atoms with Gasteiger partial charge in [0.25, 0.3) is 0 Å². The molecule has 6 nitrogen and oxygen atoms in total. The van der Waals surface area contributed by atoms with Crippen molar-refractivity contribution in [2.24, 2.45) is 0 Å². The summed E-state index contributed by atoms with van der Waals surface area (Å²) in [7, 11) is 0. The van der Waals surface area contributed by atoms with Gasteiger partial charge in [-0.25, -0.2) is 4.98 Å². The summed E-state index contributed by atoms with van der Waals surface area (Å²) in [4.78, 5) is 18.0. The van der Waals surface area contributed by atoms with Gasteiger partial charge in [-0.1, -0.05) is 12.1 Å². The van der Waals surface area contributed by atoms with Crippen molar-refractivity contribution in [3.63, 3.8) is 0 Å². The van der Waals surface area contributed by atoms with E-state index in [0.29, 0.717) is 28.6 Å². The van der Waals surface area contributed by atoms with Gasteiger partial charge in [0.05, 0.1) is 17.9 Å². The molecule has 0 saturated carbocycles. The average molecular weight is 444 g/mol. The fourth-order valence-electron chi connectivity index (χ4n) is 3.35. The predicted octanol–water partition coefficient (Wildman–Crippen LogP) is 4.39. The minimum absolute atomic E-state index is 0.0502. The van der Waals surface area contributed by atoms with Crippen molar-refractivity contribution < 1.29 is 4.79 Å². The lowest BCUT2D eigenvalue weighted by Gasteiger charge is -2.05. The maximum atomic E-state index is 12.3. The van der Waals surface area contributed by atoms with Gasteiger partial charge in [0, 0.05) is 16.8 Å². The molecule has 2 N–H and O–H groups in total. The zero-order valence-corrected chi connectivity index (χ0v) is 18.3. The SMILES string of the molecule is C=CCn1c(Cc2csc(NC(=O)CSc3ccc4c(c3)CCC4)n2)n[nH]c1=S. The molecule has 0 aliphatic heterocycles. The number of carbonyl (C=O) groups excluding carboxylic acids is 1. The number of aromatic amines is 1. The highest BCUT2D eigenvalue weighted by Crippen LogP contribution is 2.27. The van der Waals surface area contributed by atoms with Crippen LogP contribution in [0.25, 0.3) is 0 Å². The van der Waals surface area contributed by atoms with Crippen LogP contribution in [0.3, 0.4) is 0 Å². The van der Waals surface area contributed by atoms with Gasteiger partial charge in [-0.2, -0.15) is 5.10 Å². The van der Waals surface area contributed by atoms with Crippen molar-refractivity contribution in [1.82, 2.24) is 19.7 Å². The number of allylic oxidation sites excluding steroid dienone is 1. The molecule has 9 heteroatoms. The Hall–Kier alpha value is -2.23. The molecule has 1 aliphatic rings. The number of nitrogens with zero attached hydrogens (tertiary/aromatic N) is 3. The third kappa shape index (κ3) is 4.85. The molecule has 0 unspecified atom stereocenters. The zero-order chi connectivity index (χ0) is 20.2. The number of aromatic nitrogens is 4. The van der Waals surface area contributed by atoms with Gasteiger partial charge in [0.2, 0.25) is 5.91 Å². The van der Waals surface area contributed by atoms with E-state index in [1.807, 2.05) is 9.95 Å². The van der Waals surface area contributed by atoms with Gasteiger partial charge >= 0.3 is 0 Å². The van der Waals surface area contributed by atoms with E-state index >= 15 is 0 Å². The number of aryl methyl sites for hydroxylation is 2. The molecule has 4 rings (SSSR count). The number of anilines is 1. The highest BCUT2D eigenvalue weighted by atomic mass is 32.2. The van der Waals surface area contributed by atoms with E-state index in [4.69, 9.17) is 12.2 Å². The Balaban J connectivity index is 1.32. The molecule has 0 fully saturated rings. The average Bonchev–Trinajstić information content (AvgIpc) is 3.43. The second-order valence-corrected chi connectivity index (χ2v) is 9.08. The molecule has 0 atom stereocenters. The molecule has 29 heavy (non-hydrogen) atoms. The number of benzene rings is 1. The molecule has 1 aliphatic carbocycles. The minimum Gasteiger partial charge on any atom is -0.301 e. The summed E-state index contributed by atoms with van der Waals surface area (Å²) >= 11 is 8.21. The molecule has 150 valence electrons. The molecule has 0 bridgehead atoms. The van der Waals surface area contributed by atoms with Crippen LogP contribution < -0.4 is 5.32 Å². The fourth-order valence-corrected chi connectivity index (χ4v) is 5.06.